The van der Waals surface area contributed by atoms with Gasteiger partial charge in [0.2, 0.25) is 0 Å². The van der Waals surface area contributed by atoms with Crippen LogP contribution < -0.4 is 5.32 Å². The molecule has 2 aromatic carbocycles. The van der Waals surface area contributed by atoms with Gasteiger partial charge in [-0.05, 0) is 30.3 Å². The van der Waals surface area contributed by atoms with E-state index < -0.39 is 21.7 Å². The van der Waals surface area contributed by atoms with Crippen LogP contribution in [0, 0.1) is 0 Å². The van der Waals surface area contributed by atoms with Crippen molar-refractivity contribution in [2.75, 3.05) is 18.7 Å². The van der Waals surface area contributed by atoms with Crippen LogP contribution in [0.2, 0.25) is 0 Å². The first-order valence-corrected chi connectivity index (χ1v) is 10.1. The number of fused-ring (bicyclic) bond motifs is 1. The minimum Gasteiger partial charge on any atom is -0.465 e. The van der Waals surface area contributed by atoms with Crippen LogP contribution in [0.5, 0.6) is 0 Å². The van der Waals surface area contributed by atoms with E-state index in [1.54, 1.807) is 30.3 Å². The summed E-state index contributed by atoms with van der Waals surface area (Å²) < 4.78 is 29.1. The van der Waals surface area contributed by atoms with Crippen LogP contribution in [0.15, 0.2) is 47.4 Å². The molecule has 134 valence electrons. The summed E-state index contributed by atoms with van der Waals surface area (Å²) in [6, 6.07) is 10.8. The Kier molecular flexibility index (Phi) is 4.75. The maximum Gasteiger partial charge on any atom is 0.337 e. The highest BCUT2D eigenvalue weighted by molar-refractivity contribution is 7.90. The maximum absolute atomic E-state index is 12.5. The Morgan fingerprint density at radius 2 is 1.88 bits per heavy atom. The van der Waals surface area contributed by atoms with Gasteiger partial charge in [-0.2, -0.15) is 0 Å². The molecule has 7 nitrogen and oxygen atoms in total. The predicted molar refractivity (Wildman–Crippen MR) is 98.5 cm³/mol. The van der Waals surface area contributed by atoms with Gasteiger partial charge >= 0.3 is 5.97 Å². The van der Waals surface area contributed by atoms with E-state index in [0.717, 1.165) is 6.26 Å². The molecular formula is C17H14N2O5S2. The number of nitrogens with one attached hydrogen (secondary N) is 1. The summed E-state index contributed by atoms with van der Waals surface area (Å²) in [4.78, 5) is 28.3. The van der Waals surface area contributed by atoms with Gasteiger partial charge in [-0.15, -0.1) is 0 Å². The largest absolute Gasteiger partial charge is 0.465 e. The van der Waals surface area contributed by atoms with E-state index >= 15 is 0 Å². The summed E-state index contributed by atoms with van der Waals surface area (Å²) in [7, 11) is -2.25. The van der Waals surface area contributed by atoms with Crippen LogP contribution in [0.25, 0.3) is 10.2 Å². The molecule has 0 aliphatic heterocycles. The predicted octanol–water partition coefficient (Wildman–Crippen LogP) is 2.74. The molecule has 0 spiro atoms. The lowest BCUT2D eigenvalue weighted by Crippen LogP contribution is -2.15. The van der Waals surface area contributed by atoms with Crippen molar-refractivity contribution in [3.63, 3.8) is 0 Å². The van der Waals surface area contributed by atoms with Crippen LogP contribution in [-0.2, 0) is 14.6 Å². The van der Waals surface area contributed by atoms with Crippen molar-refractivity contribution in [3.05, 3.63) is 53.6 Å². The molecule has 3 aromatic rings. The fraction of sp³-hybridized carbons (Fsp3) is 0.118. The van der Waals surface area contributed by atoms with Gasteiger partial charge in [0.25, 0.3) is 5.91 Å². The number of hydrogen-bond donors (Lipinski definition) is 1. The smallest absolute Gasteiger partial charge is 0.337 e. The first-order valence-electron chi connectivity index (χ1n) is 7.39. The molecule has 0 radical (unpaired) electrons. The minimum absolute atomic E-state index is 0.0458. The lowest BCUT2D eigenvalue weighted by atomic mass is 10.2. The van der Waals surface area contributed by atoms with Gasteiger partial charge in [-0.1, -0.05) is 23.5 Å². The zero-order chi connectivity index (χ0) is 18.9. The summed E-state index contributed by atoms with van der Waals surface area (Å²) in [5.74, 6) is -1.04. The second-order valence-electron chi connectivity index (χ2n) is 5.42. The number of nitrogens with zero attached hydrogens (tertiary/aromatic N) is 1. The Bertz CT molecular complexity index is 1120. The number of sulfone groups is 1. The van der Waals surface area contributed by atoms with Crippen LogP contribution in [-0.4, -0.2) is 38.6 Å². The summed E-state index contributed by atoms with van der Waals surface area (Å²) in [6.07, 6.45) is 1.05. The molecule has 0 fully saturated rings. The van der Waals surface area contributed by atoms with Crippen LogP contribution in [0.3, 0.4) is 0 Å². The zero-order valence-electron chi connectivity index (χ0n) is 13.8. The van der Waals surface area contributed by atoms with E-state index in [0.29, 0.717) is 20.9 Å². The van der Waals surface area contributed by atoms with E-state index in [4.69, 9.17) is 0 Å². The molecule has 1 aromatic heterocycles. The Morgan fingerprint density at radius 1 is 1.15 bits per heavy atom. The average Bonchev–Trinajstić information content (AvgIpc) is 3.01. The second kappa shape index (κ2) is 6.85. The number of thiazole rings is 1. The highest BCUT2D eigenvalue weighted by Gasteiger charge is 2.19. The number of benzene rings is 2. The van der Waals surface area contributed by atoms with Crippen molar-refractivity contribution < 1.29 is 22.7 Å². The molecule has 0 atom stereocenters. The van der Waals surface area contributed by atoms with Gasteiger partial charge < -0.3 is 4.74 Å². The first kappa shape index (κ1) is 18.0. The lowest BCUT2D eigenvalue weighted by molar-refractivity contribution is 0.0601. The Hall–Kier alpha value is -2.78. The maximum atomic E-state index is 12.5. The first-order chi connectivity index (χ1) is 12.3. The molecular weight excluding hydrogens is 376 g/mol. The molecule has 3 rings (SSSR count). The third-order valence-corrected chi connectivity index (χ3v) is 5.65. The zero-order valence-corrected chi connectivity index (χ0v) is 15.5. The third-order valence-electron chi connectivity index (χ3n) is 3.56. The van der Waals surface area contributed by atoms with Crippen molar-refractivity contribution in [2.45, 2.75) is 4.90 Å². The van der Waals surface area contributed by atoms with Gasteiger partial charge in [-0.25, -0.2) is 18.2 Å². The number of carbonyl (C=O) groups is 2. The molecule has 0 saturated carbocycles. The van der Waals surface area contributed by atoms with E-state index in [1.165, 1.54) is 30.6 Å². The Morgan fingerprint density at radius 3 is 2.58 bits per heavy atom. The lowest BCUT2D eigenvalue weighted by Gasteiger charge is -2.06. The number of ether oxygens (including phenoxy) is 1. The molecule has 0 saturated heterocycles. The quantitative estimate of drug-likeness (QED) is 0.687. The van der Waals surface area contributed by atoms with E-state index in [-0.39, 0.29) is 10.5 Å². The number of carbonyl (C=O) groups excluding carboxylic acids is 2. The summed E-state index contributed by atoms with van der Waals surface area (Å²) in [6.45, 7) is 0. The van der Waals surface area contributed by atoms with Crippen molar-refractivity contribution in [2.24, 2.45) is 0 Å². The molecule has 0 unspecified atom stereocenters. The number of aromatic nitrogens is 1. The molecule has 1 amide bonds. The van der Waals surface area contributed by atoms with Crippen molar-refractivity contribution in [1.82, 2.24) is 4.98 Å². The highest BCUT2D eigenvalue weighted by Crippen LogP contribution is 2.28. The fourth-order valence-electron chi connectivity index (χ4n) is 2.36. The van der Waals surface area contributed by atoms with Crippen molar-refractivity contribution in [3.8, 4) is 0 Å². The Labute approximate surface area is 153 Å². The van der Waals surface area contributed by atoms with Crippen LogP contribution in [0.4, 0.5) is 5.13 Å². The Balaban J connectivity index is 1.92. The molecule has 26 heavy (non-hydrogen) atoms. The van der Waals surface area contributed by atoms with Gasteiger partial charge in [-0.3, -0.25) is 10.1 Å². The second-order valence-corrected chi connectivity index (χ2v) is 8.43. The summed E-state index contributed by atoms with van der Waals surface area (Å²) in [5, 5.41) is 2.91. The van der Waals surface area contributed by atoms with E-state index in [9.17, 15) is 18.0 Å². The monoisotopic (exact) mass is 390 g/mol. The molecule has 0 aliphatic carbocycles. The number of hydrogen-bond acceptors (Lipinski definition) is 7. The number of amides is 1. The molecule has 9 heteroatoms. The van der Waals surface area contributed by atoms with Gasteiger partial charge in [0, 0.05) is 6.26 Å². The highest BCUT2D eigenvalue weighted by atomic mass is 32.2. The van der Waals surface area contributed by atoms with Gasteiger partial charge in [0.1, 0.15) is 0 Å². The minimum atomic E-state index is -3.54. The molecule has 0 aliphatic rings. The SMILES string of the molecule is COC(=O)c1ccc2nc(NC(=O)c3ccccc3S(C)(=O)=O)sc2c1. The molecule has 1 heterocycles. The van der Waals surface area contributed by atoms with Crippen LogP contribution >= 0.6 is 11.3 Å². The number of esters is 1. The van der Waals surface area contributed by atoms with Crippen LogP contribution in [0.1, 0.15) is 20.7 Å². The standard InChI is InChI=1S/C17H14N2O5S2/c1-24-16(21)10-7-8-12-13(9-10)25-17(18-12)19-15(20)11-5-3-4-6-14(11)26(2,22)23/h3-9H,1-2H3,(H,18,19,20). The van der Waals surface area contributed by atoms with Gasteiger partial charge in [0.05, 0.1) is 33.3 Å². The van der Waals surface area contributed by atoms with E-state index in [2.05, 4.69) is 15.0 Å². The van der Waals surface area contributed by atoms with E-state index in [1.807, 2.05) is 0 Å². The van der Waals surface area contributed by atoms with Crippen molar-refractivity contribution in [1.29, 1.82) is 0 Å². The number of anilines is 1. The summed E-state index contributed by atoms with van der Waals surface area (Å²) in [5.41, 5.74) is 1.03. The topological polar surface area (TPSA) is 102 Å². The molecule has 1 N–H and O–H groups in total. The van der Waals surface area contributed by atoms with Crippen molar-refractivity contribution >= 4 is 48.4 Å². The number of rotatable bonds is 4. The molecule has 0 bridgehead atoms. The van der Waals surface area contributed by atoms with Gasteiger partial charge in [0.15, 0.2) is 15.0 Å². The summed E-state index contributed by atoms with van der Waals surface area (Å²) >= 11 is 1.18. The average molecular weight is 390 g/mol. The number of methoxy groups -OCH3 is 1. The normalized spacial score (nSPS) is 11.3. The third kappa shape index (κ3) is 3.58. The fourth-order valence-corrected chi connectivity index (χ4v) is 4.15.